The zero-order chi connectivity index (χ0) is 15.7. The molecule has 0 saturated heterocycles. The largest absolute Gasteiger partial charge is 0.490 e. The van der Waals surface area contributed by atoms with Gasteiger partial charge in [-0.05, 0) is 30.7 Å². The molecule has 1 rings (SSSR count). The first kappa shape index (κ1) is 16.2. The Hall–Kier alpha value is -2.87. The van der Waals surface area contributed by atoms with Gasteiger partial charge in [-0.2, -0.15) is 5.26 Å². The van der Waals surface area contributed by atoms with Crippen LogP contribution in [0.3, 0.4) is 0 Å². The first-order valence-electron chi connectivity index (χ1n) is 6.19. The Kier molecular flexibility index (Phi) is 6.42. The molecule has 1 aromatic carbocycles. The van der Waals surface area contributed by atoms with Crippen LogP contribution in [0.4, 0.5) is 0 Å². The third-order valence-electron chi connectivity index (χ3n) is 2.39. The summed E-state index contributed by atoms with van der Waals surface area (Å²) in [6, 6.07) is 8.62. The molecule has 0 atom stereocenters. The molecular weight excluding hydrogens is 270 g/mol. The highest BCUT2D eigenvalue weighted by atomic mass is 16.6. The van der Waals surface area contributed by atoms with E-state index in [2.05, 4.69) is 6.58 Å². The van der Waals surface area contributed by atoms with Crippen molar-refractivity contribution in [2.45, 2.75) is 6.92 Å². The smallest absolute Gasteiger partial charge is 0.333 e. The van der Waals surface area contributed by atoms with Gasteiger partial charge < -0.3 is 9.47 Å². The Balaban J connectivity index is 2.47. The van der Waals surface area contributed by atoms with Crippen LogP contribution in [0.25, 0.3) is 6.08 Å². The zero-order valence-electron chi connectivity index (χ0n) is 11.7. The van der Waals surface area contributed by atoms with Crippen LogP contribution < -0.4 is 4.74 Å². The molecular formula is C16H15NO4. The Labute approximate surface area is 123 Å². The van der Waals surface area contributed by atoms with Gasteiger partial charge in [0.1, 0.15) is 25.0 Å². The van der Waals surface area contributed by atoms with Gasteiger partial charge in [0.2, 0.25) is 0 Å². The molecule has 0 heterocycles. The number of ether oxygens (including phenoxy) is 2. The van der Waals surface area contributed by atoms with Crippen LogP contribution in [0, 0.1) is 11.3 Å². The third kappa shape index (κ3) is 5.74. The maximum atomic E-state index is 11.1. The Bertz CT molecular complexity index is 594. The highest BCUT2D eigenvalue weighted by molar-refractivity contribution is 5.87. The van der Waals surface area contributed by atoms with Crippen LogP contribution in [-0.4, -0.2) is 25.5 Å². The van der Waals surface area contributed by atoms with Gasteiger partial charge in [-0.25, -0.2) is 4.79 Å². The minimum absolute atomic E-state index is 0.0513. The molecule has 0 aliphatic heterocycles. The minimum Gasteiger partial charge on any atom is -0.490 e. The maximum Gasteiger partial charge on any atom is 0.333 e. The number of rotatable bonds is 7. The number of benzene rings is 1. The molecule has 0 unspecified atom stereocenters. The molecule has 5 heteroatoms. The average molecular weight is 285 g/mol. The monoisotopic (exact) mass is 285 g/mol. The topological polar surface area (TPSA) is 76.4 Å². The normalized spacial score (nSPS) is 10.4. The summed E-state index contributed by atoms with van der Waals surface area (Å²) in [4.78, 5) is 21.6. The number of carbonyl (C=O) groups excluding carboxylic acids is 2. The molecule has 0 bridgehead atoms. The fourth-order valence-corrected chi connectivity index (χ4v) is 1.35. The summed E-state index contributed by atoms with van der Waals surface area (Å²) < 4.78 is 10.3. The molecule has 5 nitrogen and oxygen atoms in total. The standard InChI is InChI=1S/C16H15NO4/c1-12(2)16(19)21-8-7-20-15-5-3-13(4-6-15)9-14(10-17)11-18/h3-6,9,11H,1,7-8H2,2H3/b14-9+. The van der Waals surface area contributed by atoms with Crippen LogP contribution >= 0.6 is 0 Å². The van der Waals surface area contributed by atoms with Gasteiger partial charge in [-0.15, -0.1) is 0 Å². The van der Waals surface area contributed by atoms with Crippen LogP contribution in [0.5, 0.6) is 5.75 Å². The lowest BCUT2D eigenvalue weighted by Crippen LogP contribution is -2.12. The number of nitrogens with zero attached hydrogens (tertiary/aromatic N) is 1. The molecule has 0 N–H and O–H groups in total. The number of aldehydes is 1. The highest BCUT2D eigenvalue weighted by Crippen LogP contribution is 2.14. The molecule has 0 amide bonds. The fraction of sp³-hybridized carbons (Fsp3) is 0.188. The van der Waals surface area contributed by atoms with Crippen molar-refractivity contribution in [1.29, 1.82) is 5.26 Å². The van der Waals surface area contributed by atoms with Crippen molar-refractivity contribution in [2.75, 3.05) is 13.2 Å². The summed E-state index contributed by atoms with van der Waals surface area (Å²) in [6.07, 6.45) is 1.98. The van der Waals surface area contributed by atoms with Crippen molar-refractivity contribution in [2.24, 2.45) is 0 Å². The second-order valence-electron chi connectivity index (χ2n) is 4.16. The fourth-order valence-electron chi connectivity index (χ4n) is 1.35. The van der Waals surface area contributed by atoms with Crippen LogP contribution in [0.1, 0.15) is 12.5 Å². The average Bonchev–Trinajstić information content (AvgIpc) is 2.50. The van der Waals surface area contributed by atoms with Gasteiger partial charge in [0.25, 0.3) is 0 Å². The lowest BCUT2D eigenvalue weighted by Gasteiger charge is -2.07. The first-order valence-corrected chi connectivity index (χ1v) is 6.19. The van der Waals surface area contributed by atoms with E-state index in [1.165, 1.54) is 6.08 Å². The quantitative estimate of drug-likeness (QED) is 0.252. The number of esters is 1. The first-order chi connectivity index (χ1) is 10.1. The zero-order valence-corrected chi connectivity index (χ0v) is 11.7. The Morgan fingerprint density at radius 1 is 1.33 bits per heavy atom. The van der Waals surface area contributed by atoms with Crippen molar-refractivity contribution in [3.8, 4) is 11.8 Å². The Morgan fingerprint density at radius 3 is 2.52 bits per heavy atom. The number of allylic oxidation sites excluding steroid dienone is 1. The molecule has 1 aromatic rings. The predicted octanol–water partition coefficient (Wildman–Crippen LogP) is 2.29. The summed E-state index contributed by atoms with van der Waals surface area (Å²) in [6.45, 7) is 5.41. The lowest BCUT2D eigenvalue weighted by molar-refractivity contribution is -0.139. The second-order valence-corrected chi connectivity index (χ2v) is 4.16. The predicted molar refractivity (Wildman–Crippen MR) is 77.4 cm³/mol. The molecule has 0 radical (unpaired) electrons. The van der Waals surface area contributed by atoms with Gasteiger partial charge in [0.05, 0.1) is 5.57 Å². The van der Waals surface area contributed by atoms with Crippen LogP contribution in [-0.2, 0) is 14.3 Å². The number of nitriles is 1. The van der Waals surface area contributed by atoms with E-state index in [0.29, 0.717) is 17.6 Å². The van der Waals surface area contributed by atoms with E-state index in [1.54, 1.807) is 37.3 Å². The minimum atomic E-state index is -0.447. The van der Waals surface area contributed by atoms with Crippen LogP contribution in [0.15, 0.2) is 42.0 Å². The SMILES string of the molecule is C=C(C)C(=O)OCCOc1ccc(/C=C(\C#N)C=O)cc1. The van der Waals surface area contributed by atoms with E-state index in [0.717, 1.165) is 5.56 Å². The number of carbonyl (C=O) groups is 2. The van der Waals surface area contributed by atoms with E-state index in [1.807, 2.05) is 0 Å². The van der Waals surface area contributed by atoms with E-state index >= 15 is 0 Å². The van der Waals surface area contributed by atoms with Crippen molar-refractivity contribution in [3.05, 3.63) is 47.6 Å². The molecule has 0 saturated carbocycles. The third-order valence-corrected chi connectivity index (χ3v) is 2.39. The maximum absolute atomic E-state index is 11.1. The van der Waals surface area contributed by atoms with Gasteiger partial charge >= 0.3 is 5.97 Å². The molecule has 0 aliphatic carbocycles. The van der Waals surface area contributed by atoms with E-state index in [-0.39, 0.29) is 18.8 Å². The number of hydrogen-bond donors (Lipinski definition) is 0. The lowest BCUT2D eigenvalue weighted by atomic mass is 10.1. The van der Waals surface area contributed by atoms with E-state index in [9.17, 15) is 9.59 Å². The molecule has 0 aromatic heterocycles. The summed E-state index contributed by atoms with van der Waals surface area (Å²) in [7, 11) is 0. The van der Waals surface area contributed by atoms with E-state index in [4.69, 9.17) is 14.7 Å². The van der Waals surface area contributed by atoms with Gasteiger partial charge in [0, 0.05) is 5.57 Å². The van der Waals surface area contributed by atoms with Crippen molar-refractivity contribution in [1.82, 2.24) is 0 Å². The van der Waals surface area contributed by atoms with Gasteiger partial charge in [-0.3, -0.25) is 4.79 Å². The summed E-state index contributed by atoms with van der Waals surface area (Å²) in [5.41, 5.74) is 1.12. The van der Waals surface area contributed by atoms with Crippen LogP contribution in [0.2, 0.25) is 0 Å². The molecule has 0 aliphatic rings. The Morgan fingerprint density at radius 2 is 2.00 bits per heavy atom. The molecule has 108 valence electrons. The molecule has 0 fully saturated rings. The summed E-state index contributed by atoms with van der Waals surface area (Å²) in [5.74, 6) is 0.153. The highest BCUT2D eigenvalue weighted by Gasteiger charge is 2.02. The van der Waals surface area contributed by atoms with Gasteiger partial charge in [0.15, 0.2) is 6.29 Å². The summed E-state index contributed by atoms with van der Waals surface area (Å²) in [5, 5.41) is 8.65. The van der Waals surface area contributed by atoms with Crippen molar-refractivity contribution >= 4 is 18.3 Å². The molecule has 0 spiro atoms. The van der Waals surface area contributed by atoms with Gasteiger partial charge in [-0.1, -0.05) is 18.7 Å². The van der Waals surface area contributed by atoms with E-state index < -0.39 is 5.97 Å². The van der Waals surface area contributed by atoms with Crippen molar-refractivity contribution in [3.63, 3.8) is 0 Å². The summed E-state index contributed by atoms with van der Waals surface area (Å²) >= 11 is 0. The molecule has 21 heavy (non-hydrogen) atoms. The second kappa shape index (κ2) is 8.33. The van der Waals surface area contributed by atoms with Crippen molar-refractivity contribution < 1.29 is 19.1 Å². The number of hydrogen-bond acceptors (Lipinski definition) is 5.